The van der Waals surface area contributed by atoms with Crippen LogP contribution in [-0.2, 0) is 9.53 Å². The number of aliphatic hydroxyl groups excluding tert-OH is 1. The Balaban J connectivity index is 2.59. The van der Waals surface area contributed by atoms with Gasteiger partial charge in [0.05, 0.1) is 0 Å². The molecular weight excluding hydrogens is 120 g/mol. The van der Waals surface area contributed by atoms with Crippen molar-refractivity contribution in [3.05, 3.63) is 24.2 Å². The van der Waals surface area contributed by atoms with Gasteiger partial charge >= 0.3 is 0 Å². The third-order valence-corrected chi connectivity index (χ3v) is 0.984. The average molecular weight is 126 g/mol. The van der Waals surface area contributed by atoms with Crippen molar-refractivity contribution in [3.63, 3.8) is 0 Å². The normalized spacial score (nSPS) is 28.4. The van der Waals surface area contributed by atoms with Gasteiger partial charge in [-0.3, -0.25) is 4.79 Å². The average Bonchev–Trinajstić information content (AvgIpc) is 2.34. The summed E-state index contributed by atoms with van der Waals surface area (Å²) in [6.45, 7) is 0. The maximum atomic E-state index is 9.98. The second-order valence-corrected chi connectivity index (χ2v) is 1.61. The zero-order valence-electron chi connectivity index (χ0n) is 4.65. The summed E-state index contributed by atoms with van der Waals surface area (Å²) < 4.78 is 4.79. The highest BCUT2D eigenvalue weighted by molar-refractivity contribution is 5.61. The lowest BCUT2D eigenvalue weighted by Crippen LogP contribution is -2.03. The molecule has 0 aromatic heterocycles. The minimum Gasteiger partial charge on any atom is -0.512 e. The maximum absolute atomic E-state index is 9.98. The Kier molecular flexibility index (Phi) is 1.53. The van der Waals surface area contributed by atoms with Gasteiger partial charge in [-0.2, -0.15) is 0 Å². The van der Waals surface area contributed by atoms with Gasteiger partial charge in [-0.05, 0) is 12.2 Å². The number of rotatable bonds is 1. The van der Waals surface area contributed by atoms with Gasteiger partial charge in [-0.25, -0.2) is 0 Å². The quantitative estimate of drug-likeness (QED) is 0.412. The van der Waals surface area contributed by atoms with Crippen molar-refractivity contribution in [2.45, 2.75) is 6.10 Å². The standard InChI is InChI=1S/C6H6O3/c7-3-5-1-2-6(4-8)9-5/h1-5,8H. The van der Waals surface area contributed by atoms with E-state index >= 15 is 0 Å². The summed E-state index contributed by atoms with van der Waals surface area (Å²) in [6, 6.07) is 0. The van der Waals surface area contributed by atoms with E-state index in [-0.39, 0.29) is 0 Å². The summed E-state index contributed by atoms with van der Waals surface area (Å²) in [5, 5.41) is 8.33. The smallest absolute Gasteiger partial charge is 0.172 e. The fourth-order valence-corrected chi connectivity index (χ4v) is 0.572. The first-order chi connectivity index (χ1) is 4.36. The van der Waals surface area contributed by atoms with Gasteiger partial charge in [0.25, 0.3) is 0 Å². The lowest BCUT2D eigenvalue weighted by molar-refractivity contribution is -0.113. The van der Waals surface area contributed by atoms with Crippen LogP contribution in [0.2, 0.25) is 0 Å². The van der Waals surface area contributed by atoms with E-state index < -0.39 is 6.10 Å². The van der Waals surface area contributed by atoms with Crippen molar-refractivity contribution in [2.75, 3.05) is 0 Å². The summed E-state index contributed by atoms with van der Waals surface area (Å²) in [5.41, 5.74) is 0. The molecule has 0 amide bonds. The molecule has 0 aromatic carbocycles. The van der Waals surface area contributed by atoms with Crippen LogP contribution in [0.25, 0.3) is 0 Å². The molecule has 0 fully saturated rings. The van der Waals surface area contributed by atoms with Crippen LogP contribution in [0, 0.1) is 0 Å². The molecule has 1 heterocycles. The number of allylic oxidation sites excluding steroid dienone is 1. The van der Waals surface area contributed by atoms with E-state index in [0.717, 1.165) is 6.26 Å². The van der Waals surface area contributed by atoms with Crippen LogP contribution in [0.3, 0.4) is 0 Å². The van der Waals surface area contributed by atoms with Crippen molar-refractivity contribution < 1.29 is 14.6 Å². The summed E-state index contributed by atoms with van der Waals surface area (Å²) in [7, 11) is 0. The van der Waals surface area contributed by atoms with Gasteiger partial charge < -0.3 is 9.84 Å². The first kappa shape index (κ1) is 5.88. The number of carbonyl (C=O) groups is 1. The monoisotopic (exact) mass is 126 g/mol. The predicted octanol–water partition coefficient (Wildman–Crippen LogP) is 0.540. The van der Waals surface area contributed by atoms with Crippen molar-refractivity contribution in [1.82, 2.24) is 0 Å². The molecule has 3 heteroatoms. The molecule has 0 aromatic rings. The van der Waals surface area contributed by atoms with E-state index in [9.17, 15) is 4.79 Å². The highest BCUT2D eigenvalue weighted by Gasteiger charge is 2.11. The molecule has 1 rings (SSSR count). The number of aliphatic hydroxyl groups is 1. The molecule has 0 spiro atoms. The number of hydrogen-bond acceptors (Lipinski definition) is 3. The van der Waals surface area contributed by atoms with Crippen molar-refractivity contribution >= 4 is 6.29 Å². The third kappa shape index (κ3) is 1.10. The molecule has 3 nitrogen and oxygen atoms in total. The zero-order chi connectivity index (χ0) is 6.69. The van der Waals surface area contributed by atoms with Crippen LogP contribution in [-0.4, -0.2) is 17.5 Å². The fraction of sp³-hybridized carbons (Fsp3) is 0.167. The van der Waals surface area contributed by atoms with Crippen molar-refractivity contribution in [3.8, 4) is 0 Å². The Labute approximate surface area is 52.2 Å². The molecule has 0 aliphatic carbocycles. The maximum Gasteiger partial charge on any atom is 0.172 e. The number of aldehydes is 1. The van der Waals surface area contributed by atoms with Gasteiger partial charge in [-0.1, -0.05) is 0 Å². The van der Waals surface area contributed by atoms with E-state index in [4.69, 9.17) is 9.84 Å². The van der Waals surface area contributed by atoms with Crippen LogP contribution < -0.4 is 0 Å². The van der Waals surface area contributed by atoms with Crippen LogP contribution in [0.4, 0.5) is 0 Å². The Morgan fingerprint density at radius 1 is 1.78 bits per heavy atom. The van der Waals surface area contributed by atoms with Gasteiger partial charge in [-0.15, -0.1) is 0 Å². The van der Waals surface area contributed by atoms with E-state index in [0.29, 0.717) is 12.0 Å². The SMILES string of the molecule is O=CC1C=CC(=CO)O1. The van der Waals surface area contributed by atoms with Gasteiger partial charge in [0.2, 0.25) is 0 Å². The largest absolute Gasteiger partial charge is 0.512 e. The summed E-state index contributed by atoms with van der Waals surface area (Å²) >= 11 is 0. The van der Waals surface area contributed by atoms with Crippen LogP contribution in [0.15, 0.2) is 24.2 Å². The highest BCUT2D eigenvalue weighted by atomic mass is 16.5. The van der Waals surface area contributed by atoms with E-state index in [2.05, 4.69) is 0 Å². The zero-order valence-corrected chi connectivity index (χ0v) is 4.65. The number of ether oxygens (including phenoxy) is 1. The van der Waals surface area contributed by atoms with Crippen molar-refractivity contribution in [2.24, 2.45) is 0 Å². The second-order valence-electron chi connectivity index (χ2n) is 1.61. The molecule has 0 radical (unpaired) electrons. The molecule has 1 unspecified atom stereocenters. The molecule has 1 atom stereocenters. The summed E-state index contributed by atoms with van der Waals surface area (Å²) in [5.74, 6) is 0.326. The Morgan fingerprint density at radius 2 is 2.56 bits per heavy atom. The van der Waals surface area contributed by atoms with Crippen molar-refractivity contribution in [1.29, 1.82) is 0 Å². The molecule has 1 N–H and O–H groups in total. The molecule has 1 aliphatic rings. The molecule has 48 valence electrons. The van der Waals surface area contributed by atoms with Gasteiger partial charge in [0.15, 0.2) is 18.1 Å². The molecule has 0 bridgehead atoms. The van der Waals surface area contributed by atoms with Crippen LogP contribution >= 0.6 is 0 Å². The van der Waals surface area contributed by atoms with Gasteiger partial charge in [0, 0.05) is 0 Å². The van der Waals surface area contributed by atoms with E-state index in [1.807, 2.05) is 0 Å². The lowest BCUT2D eigenvalue weighted by Gasteiger charge is -1.99. The summed E-state index contributed by atoms with van der Waals surface area (Å²) in [6.07, 6.45) is 4.07. The Morgan fingerprint density at radius 3 is 2.89 bits per heavy atom. The number of carbonyl (C=O) groups excluding carboxylic acids is 1. The van der Waals surface area contributed by atoms with Crippen LogP contribution in [0.5, 0.6) is 0 Å². The number of hydrogen-bond donors (Lipinski definition) is 1. The molecule has 0 saturated carbocycles. The first-order valence-electron chi connectivity index (χ1n) is 2.51. The Bertz CT molecular complexity index is 169. The van der Waals surface area contributed by atoms with Crippen LogP contribution in [0.1, 0.15) is 0 Å². The Hall–Kier alpha value is -1.25. The lowest BCUT2D eigenvalue weighted by atomic mass is 10.4. The molecule has 1 aliphatic heterocycles. The minimum atomic E-state index is -0.511. The molecule has 0 saturated heterocycles. The molecule has 9 heavy (non-hydrogen) atoms. The fourth-order valence-electron chi connectivity index (χ4n) is 0.572. The second kappa shape index (κ2) is 2.35. The van der Waals surface area contributed by atoms with E-state index in [1.165, 1.54) is 0 Å². The predicted molar refractivity (Wildman–Crippen MR) is 30.8 cm³/mol. The topological polar surface area (TPSA) is 46.5 Å². The minimum absolute atomic E-state index is 0.326. The summed E-state index contributed by atoms with van der Waals surface area (Å²) in [4.78, 5) is 9.98. The van der Waals surface area contributed by atoms with E-state index in [1.54, 1.807) is 12.2 Å². The highest BCUT2D eigenvalue weighted by Crippen LogP contribution is 2.11. The third-order valence-electron chi connectivity index (χ3n) is 0.984. The van der Waals surface area contributed by atoms with Gasteiger partial charge in [0.1, 0.15) is 6.26 Å². The first-order valence-corrected chi connectivity index (χ1v) is 2.51. The molecular formula is C6H6O3.